The van der Waals surface area contributed by atoms with Crippen LogP contribution in [0.25, 0.3) is 10.2 Å². The maximum atomic E-state index is 12.6. The zero-order valence-corrected chi connectivity index (χ0v) is 15.5. The predicted octanol–water partition coefficient (Wildman–Crippen LogP) is 2.61. The summed E-state index contributed by atoms with van der Waals surface area (Å²) < 4.78 is 3.01. The molecule has 0 spiro atoms. The third-order valence-corrected chi connectivity index (χ3v) is 5.73. The summed E-state index contributed by atoms with van der Waals surface area (Å²) in [6.07, 6.45) is 3.46. The van der Waals surface area contributed by atoms with Gasteiger partial charge in [-0.15, -0.1) is 0 Å². The van der Waals surface area contributed by atoms with Crippen molar-refractivity contribution in [3.8, 4) is 0 Å². The van der Waals surface area contributed by atoms with Gasteiger partial charge >= 0.3 is 0 Å². The Morgan fingerprint density at radius 1 is 1.16 bits per heavy atom. The van der Waals surface area contributed by atoms with E-state index in [1.807, 2.05) is 11.9 Å². The summed E-state index contributed by atoms with van der Waals surface area (Å²) in [5.41, 5.74) is 3.59. The zero-order valence-electron chi connectivity index (χ0n) is 14.7. The number of carbonyl (C=O) groups is 1. The van der Waals surface area contributed by atoms with Crippen LogP contribution in [0.15, 0.2) is 24.5 Å². The lowest BCUT2D eigenvalue weighted by atomic mass is 10.1. The van der Waals surface area contributed by atoms with Gasteiger partial charge in [0.1, 0.15) is 0 Å². The summed E-state index contributed by atoms with van der Waals surface area (Å²) in [6.45, 7) is 7.22. The standard InChI is InChI=1S/C18H21N5OS/c1-12-10-13(2)15-14(11-12)25-18(20-15)23-8-6-22(7-9-23)17(24)16-19-4-5-21(16)3/h4-5,10-11H,6-9H2,1-3H3. The smallest absolute Gasteiger partial charge is 0.289 e. The van der Waals surface area contributed by atoms with Crippen molar-refractivity contribution in [3.05, 3.63) is 41.5 Å². The average Bonchev–Trinajstić information content (AvgIpc) is 3.20. The molecule has 1 aromatic carbocycles. The highest BCUT2D eigenvalue weighted by Gasteiger charge is 2.26. The number of aromatic nitrogens is 3. The molecular formula is C18H21N5OS. The molecule has 1 amide bonds. The molecule has 0 atom stereocenters. The number of amides is 1. The van der Waals surface area contributed by atoms with Crippen molar-refractivity contribution in [3.63, 3.8) is 0 Å². The van der Waals surface area contributed by atoms with Crippen molar-refractivity contribution in [2.24, 2.45) is 7.05 Å². The van der Waals surface area contributed by atoms with Crippen LogP contribution in [-0.2, 0) is 7.05 Å². The minimum atomic E-state index is 0.00270. The first-order chi connectivity index (χ1) is 12.0. The van der Waals surface area contributed by atoms with Gasteiger partial charge in [0, 0.05) is 45.6 Å². The van der Waals surface area contributed by atoms with Crippen LogP contribution in [0.2, 0.25) is 0 Å². The fraction of sp³-hybridized carbons (Fsp3) is 0.389. The first kappa shape index (κ1) is 16.1. The molecule has 3 heterocycles. The Morgan fingerprint density at radius 2 is 1.92 bits per heavy atom. The van der Waals surface area contributed by atoms with Crippen LogP contribution >= 0.6 is 11.3 Å². The number of anilines is 1. The van der Waals surface area contributed by atoms with Crippen molar-refractivity contribution in [2.75, 3.05) is 31.1 Å². The molecule has 130 valence electrons. The number of benzene rings is 1. The van der Waals surface area contributed by atoms with Gasteiger partial charge in [0.2, 0.25) is 0 Å². The Hall–Kier alpha value is -2.41. The summed E-state index contributed by atoms with van der Waals surface area (Å²) in [5, 5.41) is 1.05. The second-order valence-electron chi connectivity index (χ2n) is 6.57. The van der Waals surface area contributed by atoms with E-state index in [0.717, 1.165) is 23.7 Å². The van der Waals surface area contributed by atoms with E-state index in [2.05, 4.69) is 35.9 Å². The Balaban J connectivity index is 1.49. The first-order valence-corrected chi connectivity index (χ1v) is 9.24. The number of thiazole rings is 1. The van der Waals surface area contributed by atoms with E-state index in [1.54, 1.807) is 28.3 Å². The lowest BCUT2D eigenvalue weighted by molar-refractivity contribution is 0.0731. The number of nitrogens with zero attached hydrogens (tertiary/aromatic N) is 5. The van der Waals surface area contributed by atoms with Crippen LogP contribution in [0.4, 0.5) is 5.13 Å². The van der Waals surface area contributed by atoms with E-state index in [9.17, 15) is 4.79 Å². The molecule has 2 aromatic heterocycles. The van der Waals surface area contributed by atoms with Gasteiger partial charge in [-0.1, -0.05) is 17.4 Å². The quantitative estimate of drug-likeness (QED) is 0.709. The molecule has 1 fully saturated rings. The number of imidazole rings is 1. The summed E-state index contributed by atoms with van der Waals surface area (Å²) in [5.74, 6) is 0.502. The minimum Gasteiger partial charge on any atom is -0.345 e. The van der Waals surface area contributed by atoms with Gasteiger partial charge in [0.15, 0.2) is 11.0 Å². The van der Waals surface area contributed by atoms with E-state index in [4.69, 9.17) is 4.98 Å². The zero-order chi connectivity index (χ0) is 17.6. The molecule has 3 aromatic rings. The second-order valence-corrected chi connectivity index (χ2v) is 7.58. The molecule has 25 heavy (non-hydrogen) atoms. The minimum absolute atomic E-state index is 0.00270. The van der Waals surface area contributed by atoms with Crippen molar-refractivity contribution >= 4 is 32.6 Å². The molecule has 0 bridgehead atoms. The Kier molecular flexibility index (Phi) is 3.95. The van der Waals surface area contributed by atoms with Gasteiger partial charge in [-0.2, -0.15) is 0 Å². The molecule has 0 radical (unpaired) electrons. The van der Waals surface area contributed by atoms with Gasteiger partial charge in [0.05, 0.1) is 10.2 Å². The fourth-order valence-electron chi connectivity index (χ4n) is 3.31. The monoisotopic (exact) mass is 355 g/mol. The summed E-state index contributed by atoms with van der Waals surface area (Å²) in [4.78, 5) is 25.7. The highest BCUT2D eigenvalue weighted by Crippen LogP contribution is 2.32. The number of aryl methyl sites for hydroxylation is 3. The summed E-state index contributed by atoms with van der Waals surface area (Å²) in [6, 6.07) is 4.37. The van der Waals surface area contributed by atoms with E-state index >= 15 is 0 Å². The largest absolute Gasteiger partial charge is 0.345 e. The van der Waals surface area contributed by atoms with Crippen molar-refractivity contribution in [1.29, 1.82) is 0 Å². The Bertz CT molecular complexity index is 936. The maximum Gasteiger partial charge on any atom is 0.289 e. The van der Waals surface area contributed by atoms with Crippen LogP contribution in [0.3, 0.4) is 0 Å². The van der Waals surface area contributed by atoms with Crippen LogP contribution in [0.5, 0.6) is 0 Å². The van der Waals surface area contributed by atoms with Crippen molar-refractivity contribution in [2.45, 2.75) is 13.8 Å². The van der Waals surface area contributed by atoms with Crippen LogP contribution in [0.1, 0.15) is 21.7 Å². The molecule has 0 N–H and O–H groups in total. The molecule has 7 heteroatoms. The SMILES string of the molecule is Cc1cc(C)c2nc(N3CCN(C(=O)c4nccn4C)CC3)sc2c1. The highest BCUT2D eigenvalue weighted by atomic mass is 32.1. The van der Waals surface area contributed by atoms with Crippen LogP contribution in [0, 0.1) is 13.8 Å². The molecule has 1 aliphatic rings. The molecule has 4 rings (SSSR count). The number of rotatable bonds is 2. The first-order valence-electron chi connectivity index (χ1n) is 8.42. The molecule has 1 aliphatic heterocycles. The topological polar surface area (TPSA) is 54.3 Å². The van der Waals surface area contributed by atoms with Gasteiger partial charge in [0.25, 0.3) is 5.91 Å². The molecule has 0 aliphatic carbocycles. The van der Waals surface area contributed by atoms with Crippen molar-refractivity contribution in [1.82, 2.24) is 19.4 Å². The number of carbonyl (C=O) groups excluding carboxylic acids is 1. The fourth-order valence-corrected chi connectivity index (χ4v) is 4.50. The number of fused-ring (bicyclic) bond motifs is 1. The van der Waals surface area contributed by atoms with Gasteiger partial charge in [-0.05, 0) is 31.0 Å². The molecule has 6 nitrogen and oxygen atoms in total. The van der Waals surface area contributed by atoms with Gasteiger partial charge in [-0.3, -0.25) is 4.79 Å². The Labute approximate surface area is 150 Å². The second kappa shape index (κ2) is 6.15. The van der Waals surface area contributed by atoms with Crippen molar-refractivity contribution < 1.29 is 4.79 Å². The molecule has 0 saturated carbocycles. The van der Waals surface area contributed by atoms with Crippen LogP contribution in [-0.4, -0.2) is 51.5 Å². The average molecular weight is 355 g/mol. The van der Waals surface area contributed by atoms with E-state index < -0.39 is 0 Å². The summed E-state index contributed by atoms with van der Waals surface area (Å²) in [7, 11) is 1.85. The lowest BCUT2D eigenvalue weighted by Crippen LogP contribution is -2.49. The summed E-state index contributed by atoms with van der Waals surface area (Å²) >= 11 is 1.74. The highest BCUT2D eigenvalue weighted by molar-refractivity contribution is 7.22. The van der Waals surface area contributed by atoms with E-state index in [-0.39, 0.29) is 5.91 Å². The molecule has 1 saturated heterocycles. The maximum absolute atomic E-state index is 12.6. The Morgan fingerprint density at radius 3 is 2.60 bits per heavy atom. The molecular weight excluding hydrogens is 334 g/mol. The van der Waals surface area contributed by atoms with E-state index in [0.29, 0.717) is 18.9 Å². The predicted molar refractivity (Wildman–Crippen MR) is 100 cm³/mol. The normalized spacial score (nSPS) is 15.2. The van der Waals surface area contributed by atoms with Gasteiger partial charge in [-0.25, -0.2) is 9.97 Å². The van der Waals surface area contributed by atoms with Gasteiger partial charge < -0.3 is 14.4 Å². The number of piperazine rings is 1. The lowest BCUT2D eigenvalue weighted by Gasteiger charge is -2.34. The number of hydrogen-bond donors (Lipinski definition) is 0. The van der Waals surface area contributed by atoms with Crippen LogP contribution < -0.4 is 4.90 Å². The third-order valence-electron chi connectivity index (χ3n) is 4.67. The third kappa shape index (κ3) is 2.89. The van der Waals surface area contributed by atoms with E-state index in [1.165, 1.54) is 15.8 Å². The number of hydrogen-bond acceptors (Lipinski definition) is 5. The molecule has 0 unspecified atom stereocenters.